The van der Waals surface area contributed by atoms with Crippen molar-refractivity contribution >= 4 is 17.5 Å². The zero-order chi connectivity index (χ0) is 13.7. The number of carbonyl (C=O) groups is 1. The van der Waals surface area contributed by atoms with Crippen molar-refractivity contribution in [3.05, 3.63) is 64.4 Å². The van der Waals surface area contributed by atoms with E-state index in [1.807, 2.05) is 24.3 Å². The van der Waals surface area contributed by atoms with Gasteiger partial charge in [0.25, 0.3) is 5.91 Å². The van der Waals surface area contributed by atoms with Crippen LogP contribution in [0.25, 0.3) is 0 Å². The van der Waals surface area contributed by atoms with Crippen LogP contribution in [0.5, 0.6) is 0 Å². The molecule has 5 heteroatoms. The third-order valence-corrected chi connectivity index (χ3v) is 2.96. The quantitative estimate of drug-likeness (QED) is 0.841. The summed E-state index contributed by atoms with van der Waals surface area (Å²) in [4.78, 5) is 15.7. The van der Waals surface area contributed by atoms with E-state index in [9.17, 15) is 4.79 Å². The zero-order valence-corrected chi connectivity index (χ0v) is 10.9. The average Bonchev–Trinajstić information content (AvgIpc) is 2.46. The first kappa shape index (κ1) is 13.5. The number of nitrogens with one attached hydrogen (secondary N) is 1. The molecular formula is C14H13ClN2O2. The number of hydrogen-bond donors (Lipinski definition) is 2. The van der Waals surface area contributed by atoms with E-state index in [0.29, 0.717) is 12.1 Å². The van der Waals surface area contributed by atoms with Crippen LogP contribution >= 0.6 is 11.6 Å². The Kier molecular flexibility index (Phi) is 4.49. The van der Waals surface area contributed by atoms with Crippen LogP contribution in [-0.4, -0.2) is 16.0 Å². The van der Waals surface area contributed by atoms with Gasteiger partial charge in [0.05, 0.1) is 12.2 Å². The Morgan fingerprint density at radius 2 is 1.89 bits per heavy atom. The van der Waals surface area contributed by atoms with Crippen LogP contribution in [0.2, 0.25) is 5.15 Å². The van der Waals surface area contributed by atoms with E-state index < -0.39 is 0 Å². The van der Waals surface area contributed by atoms with Crippen molar-refractivity contribution < 1.29 is 9.90 Å². The van der Waals surface area contributed by atoms with Crippen LogP contribution in [0.4, 0.5) is 0 Å². The molecule has 0 spiro atoms. The number of nitrogens with zero attached hydrogens (tertiary/aromatic N) is 1. The predicted molar refractivity (Wildman–Crippen MR) is 72.8 cm³/mol. The Bertz CT molecular complexity index is 570. The molecular weight excluding hydrogens is 264 g/mol. The number of halogens is 1. The zero-order valence-electron chi connectivity index (χ0n) is 10.1. The second-order valence-corrected chi connectivity index (χ2v) is 4.36. The summed E-state index contributed by atoms with van der Waals surface area (Å²) in [6.45, 7) is 0.410. The first-order valence-corrected chi connectivity index (χ1v) is 6.16. The lowest BCUT2D eigenvalue weighted by Gasteiger charge is -2.06. The maximum Gasteiger partial charge on any atom is 0.254 e. The van der Waals surface area contributed by atoms with Crippen LogP contribution in [0.3, 0.4) is 0 Å². The Labute approximate surface area is 116 Å². The number of amides is 1. The van der Waals surface area contributed by atoms with Crippen molar-refractivity contribution in [2.24, 2.45) is 0 Å². The van der Waals surface area contributed by atoms with Crippen LogP contribution in [0, 0.1) is 0 Å². The highest BCUT2D eigenvalue weighted by molar-refractivity contribution is 6.32. The van der Waals surface area contributed by atoms with Crippen LogP contribution in [-0.2, 0) is 13.2 Å². The monoisotopic (exact) mass is 276 g/mol. The van der Waals surface area contributed by atoms with Gasteiger partial charge in [-0.25, -0.2) is 4.98 Å². The number of rotatable bonds is 4. The highest BCUT2D eigenvalue weighted by Crippen LogP contribution is 2.11. The fourth-order valence-electron chi connectivity index (χ4n) is 1.60. The van der Waals surface area contributed by atoms with Crippen molar-refractivity contribution in [2.45, 2.75) is 13.2 Å². The van der Waals surface area contributed by atoms with E-state index >= 15 is 0 Å². The van der Waals surface area contributed by atoms with Crippen LogP contribution < -0.4 is 5.32 Å². The molecule has 0 aliphatic rings. The van der Waals surface area contributed by atoms with Crippen molar-refractivity contribution in [1.29, 1.82) is 0 Å². The number of aromatic nitrogens is 1. The maximum absolute atomic E-state index is 11.9. The maximum atomic E-state index is 11.9. The lowest BCUT2D eigenvalue weighted by molar-refractivity contribution is 0.0950. The molecule has 0 aliphatic carbocycles. The second-order valence-electron chi connectivity index (χ2n) is 4.00. The number of aliphatic hydroxyl groups is 1. The van der Waals surface area contributed by atoms with Gasteiger partial charge in [0.15, 0.2) is 0 Å². The van der Waals surface area contributed by atoms with Gasteiger partial charge >= 0.3 is 0 Å². The van der Waals surface area contributed by atoms with E-state index in [0.717, 1.165) is 11.1 Å². The van der Waals surface area contributed by atoms with E-state index in [1.165, 1.54) is 6.20 Å². The summed E-state index contributed by atoms with van der Waals surface area (Å²) >= 11 is 5.84. The highest BCUT2D eigenvalue weighted by atomic mass is 35.5. The van der Waals surface area contributed by atoms with E-state index in [4.69, 9.17) is 16.7 Å². The van der Waals surface area contributed by atoms with Crippen molar-refractivity contribution in [2.75, 3.05) is 0 Å². The van der Waals surface area contributed by atoms with Gasteiger partial charge in [0.1, 0.15) is 5.15 Å². The summed E-state index contributed by atoms with van der Waals surface area (Å²) in [5.74, 6) is -0.260. The van der Waals surface area contributed by atoms with Gasteiger partial charge in [-0.1, -0.05) is 35.9 Å². The molecule has 2 N–H and O–H groups in total. The molecule has 1 amide bonds. The third kappa shape index (κ3) is 3.53. The molecule has 0 bridgehead atoms. The minimum atomic E-state index is -0.260. The van der Waals surface area contributed by atoms with Gasteiger partial charge in [-0.3, -0.25) is 4.79 Å². The molecule has 0 fully saturated rings. The molecule has 4 nitrogen and oxygen atoms in total. The Morgan fingerprint density at radius 1 is 1.21 bits per heavy atom. The molecule has 0 saturated carbocycles. The molecule has 0 radical (unpaired) electrons. The summed E-state index contributed by atoms with van der Waals surface area (Å²) < 4.78 is 0. The number of aliphatic hydroxyl groups excluding tert-OH is 1. The molecule has 0 saturated heterocycles. The standard InChI is InChI=1S/C14H13ClN2O2/c15-13-12(2-1-7-16-13)14(19)17-8-10-3-5-11(9-18)6-4-10/h1-7,18H,8-9H2,(H,17,19). The molecule has 0 aliphatic heterocycles. The number of benzene rings is 1. The molecule has 2 aromatic rings. The first-order valence-electron chi connectivity index (χ1n) is 5.78. The fourth-order valence-corrected chi connectivity index (χ4v) is 1.80. The van der Waals surface area contributed by atoms with E-state index in [2.05, 4.69) is 10.3 Å². The summed E-state index contributed by atoms with van der Waals surface area (Å²) in [5.41, 5.74) is 2.15. The summed E-state index contributed by atoms with van der Waals surface area (Å²) in [7, 11) is 0. The second kappa shape index (κ2) is 6.31. The SMILES string of the molecule is O=C(NCc1ccc(CO)cc1)c1cccnc1Cl. The van der Waals surface area contributed by atoms with E-state index in [-0.39, 0.29) is 17.7 Å². The lowest BCUT2D eigenvalue weighted by Crippen LogP contribution is -2.23. The summed E-state index contributed by atoms with van der Waals surface area (Å²) in [5, 5.41) is 11.9. The number of hydrogen-bond acceptors (Lipinski definition) is 3. The van der Waals surface area contributed by atoms with Gasteiger partial charge in [0, 0.05) is 12.7 Å². The normalized spacial score (nSPS) is 10.2. The van der Waals surface area contributed by atoms with Crippen molar-refractivity contribution in [3.63, 3.8) is 0 Å². The molecule has 0 unspecified atom stereocenters. The number of carbonyl (C=O) groups excluding carboxylic acids is 1. The molecule has 1 aromatic carbocycles. The Hall–Kier alpha value is -1.91. The highest BCUT2D eigenvalue weighted by Gasteiger charge is 2.09. The van der Waals surface area contributed by atoms with Gasteiger partial charge in [-0.2, -0.15) is 0 Å². The molecule has 98 valence electrons. The van der Waals surface area contributed by atoms with E-state index in [1.54, 1.807) is 12.1 Å². The summed E-state index contributed by atoms with van der Waals surface area (Å²) in [6, 6.07) is 10.6. The van der Waals surface area contributed by atoms with Crippen LogP contribution in [0.1, 0.15) is 21.5 Å². The van der Waals surface area contributed by atoms with Gasteiger partial charge < -0.3 is 10.4 Å². The minimum Gasteiger partial charge on any atom is -0.392 e. The predicted octanol–water partition coefficient (Wildman–Crippen LogP) is 2.16. The fraction of sp³-hybridized carbons (Fsp3) is 0.143. The number of pyridine rings is 1. The lowest BCUT2D eigenvalue weighted by atomic mass is 10.1. The Balaban J connectivity index is 1.98. The first-order chi connectivity index (χ1) is 9.20. The van der Waals surface area contributed by atoms with Crippen molar-refractivity contribution in [1.82, 2.24) is 10.3 Å². The topological polar surface area (TPSA) is 62.2 Å². The largest absolute Gasteiger partial charge is 0.392 e. The molecule has 2 rings (SSSR count). The van der Waals surface area contributed by atoms with Crippen molar-refractivity contribution in [3.8, 4) is 0 Å². The average molecular weight is 277 g/mol. The smallest absolute Gasteiger partial charge is 0.254 e. The van der Waals surface area contributed by atoms with Gasteiger partial charge in [-0.05, 0) is 23.3 Å². The summed E-state index contributed by atoms with van der Waals surface area (Å²) in [6.07, 6.45) is 1.53. The third-order valence-electron chi connectivity index (χ3n) is 2.66. The minimum absolute atomic E-state index is 0.0118. The molecule has 19 heavy (non-hydrogen) atoms. The molecule has 0 atom stereocenters. The molecule has 1 aromatic heterocycles. The molecule has 1 heterocycles. The Morgan fingerprint density at radius 3 is 2.53 bits per heavy atom. The van der Waals surface area contributed by atoms with Gasteiger partial charge in [0.2, 0.25) is 0 Å². The van der Waals surface area contributed by atoms with Gasteiger partial charge in [-0.15, -0.1) is 0 Å². The van der Waals surface area contributed by atoms with Crippen LogP contribution in [0.15, 0.2) is 42.6 Å².